The average molecular weight is 645 g/mol. The van der Waals surface area contributed by atoms with Gasteiger partial charge in [-0.3, -0.25) is 19.1 Å². The lowest BCUT2D eigenvalue weighted by molar-refractivity contribution is -0.384. The zero-order valence-corrected chi connectivity index (χ0v) is 24.5. The Balaban J connectivity index is 1.73. The van der Waals surface area contributed by atoms with Crippen molar-refractivity contribution in [3.05, 3.63) is 80.1 Å². The third-order valence-corrected chi connectivity index (χ3v) is 7.45. The number of ether oxygens (including phenoxy) is 2. The van der Waals surface area contributed by atoms with E-state index in [1.807, 2.05) is 6.07 Å². The quantitative estimate of drug-likeness (QED) is 0.0899. The van der Waals surface area contributed by atoms with Crippen LogP contribution in [0.5, 0.6) is 11.5 Å². The van der Waals surface area contributed by atoms with E-state index in [-0.39, 0.29) is 32.2 Å². The van der Waals surface area contributed by atoms with Crippen LogP contribution >= 0.6 is 23.2 Å². The monoisotopic (exact) mass is 644 g/mol. The Kier molecular flexibility index (Phi) is 9.71. The second kappa shape index (κ2) is 13.4. The number of methoxy groups -OCH3 is 2. The maximum atomic E-state index is 14.2. The molecule has 1 aromatic heterocycles. The number of allylic oxidation sites excluding steroid dienone is 1. The zero-order chi connectivity index (χ0) is 31.3. The summed E-state index contributed by atoms with van der Waals surface area (Å²) in [6.45, 7) is 0. The van der Waals surface area contributed by atoms with Crippen LogP contribution in [0.1, 0.15) is 5.56 Å². The SMILES string of the molecule is COc1cc2nc(S(=O)CC(=O)Nc3cc([N+](=O)[O-])ccc3F)nc(Nc3c(Cl)cc(/C=C/C#N)cc3Cl)c2cc1OC. The Morgan fingerprint density at radius 3 is 2.44 bits per heavy atom. The number of hydrogen-bond acceptors (Lipinski definition) is 10. The molecule has 0 bridgehead atoms. The van der Waals surface area contributed by atoms with Crippen molar-refractivity contribution in [2.45, 2.75) is 5.16 Å². The van der Waals surface area contributed by atoms with Gasteiger partial charge < -0.3 is 20.1 Å². The lowest BCUT2D eigenvalue weighted by Crippen LogP contribution is -2.21. The molecule has 3 aromatic carbocycles. The molecule has 43 heavy (non-hydrogen) atoms. The summed E-state index contributed by atoms with van der Waals surface area (Å²) in [5.41, 5.74) is 0.163. The van der Waals surface area contributed by atoms with Crippen molar-refractivity contribution in [3.63, 3.8) is 0 Å². The Morgan fingerprint density at radius 2 is 1.81 bits per heavy atom. The number of amides is 1. The highest BCUT2D eigenvalue weighted by atomic mass is 35.5. The molecule has 1 atom stereocenters. The standard InChI is InChI=1S/C27H19Cl2FN6O6S/c1-41-22-11-16-20(12-23(22)42-2)33-27(35-26(16)34-25-17(28)8-14(4-3-7-31)9-18(25)29)43(40)13-24(37)32-21-10-15(36(38)39)5-6-19(21)30/h3-6,8-12H,13H2,1-2H3,(H,32,37)(H,33,34,35)/b4-3+. The van der Waals surface area contributed by atoms with Gasteiger partial charge in [-0.1, -0.05) is 23.2 Å². The molecule has 1 amide bonds. The van der Waals surface area contributed by atoms with Gasteiger partial charge in [0.15, 0.2) is 11.5 Å². The fourth-order valence-electron chi connectivity index (χ4n) is 3.78. The van der Waals surface area contributed by atoms with Crippen LogP contribution in [0.3, 0.4) is 0 Å². The van der Waals surface area contributed by atoms with E-state index in [0.717, 1.165) is 18.2 Å². The number of carbonyl (C=O) groups is 1. The highest BCUT2D eigenvalue weighted by Gasteiger charge is 2.21. The zero-order valence-electron chi connectivity index (χ0n) is 22.2. The lowest BCUT2D eigenvalue weighted by atomic mass is 10.1. The second-order valence-electron chi connectivity index (χ2n) is 8.49. The van der Waals surface area contributed by atoms with Crippen LogP contribution in [0.4, 0.5) is 27.3 Å². The number of nitriles is 1. The molecular weight excluding hydrogens is 626 g/mol. The third-order valence-electron chi connectivity index (χ3n) is 5.74. The van der Waals surface area contributed by atoms with Crippen molar-refractivity contribution < 1.29 is 27.8 Å². The van der Waals surface area contributed by atoms with Crippen molar-refractivity contribution in [1.29, 1.82) is 5.26 Å². The number of non-ortho nitro benzene ring substituents is 1. The van der Waals surface area contributed by atoms with Crippen molar-refractivity contribution >= 4 is 79.8 Å². The smallest absolute Gasteiger partial charge is 0.271 e. The van der Waals surface area contributed by atoms with Gasteiger partial charge in [0.25, 0.3) is 5.69 Å². The van der Waals surface area contributed by atoms with Crippen LogP contribution in [0, 0.1) is 27.3 Å². The van der Waals surface area contributed by atoms with Crippen LogP contribution in [0.2, 0.25) is 10.0 Å². The molecule has 0 aliphatic heterocycles. The number of fused-ring (bicyclic) bond motifs is 1. The molecule has 1 unspecified atom stereocenters. The van der Waals surface area contributed by atoms with Crippen molar-refractivity contribution in [1.82, 2.24) is 9.97 Å². The maximum absolute atomic E-state index is 14.2. The number of nitro benzene ring substituents is 1. The van der Waals surface area contributed by atoms with Crippen LogP contribution in [-0.2, 0) is 15.6 Å². The minimum atomic E-state index is -2.17. The van der Waals surface area contributed by atoms with Crippen LogP contribution < -0.4 is 20.1 Å². The molecule has 4 rings (SSSR count). The van der Waals surface area contributed by atoms with Crippen molar-refractivity contribution in [2.75, 3.05) is 30.6 Å². The number of benzene rings is 3. The highest BCUT2D eigenvalue weighted by Crippen LogP contribution is 2.39. The van der Waals surface area contributed by atoms with E-state index in [4.69, 9.17) is 37.9 Å². The van der Waals surface area contributed by atoms with E-state index < -0.39 is 44.6 Å². The van der Waals surface area contributed by atoms with Gasteiger partial charge in [-0.05, 0) is 35.9 Å². The molecule has 220 valence electrons. The first-order chi connectivity index (χ1) is 20.5. The average Bonchev–Trinajstić information content (AvgIpc) is 2.97. The van der Waals surface area contributed by atoms with E-state index >= 15 is 0 Å². The van der Waals surface area contributed by atoms with Gasteiger partial charge in [-0.25, -0.2) is 14.4 Å². The summed E-state index contributed by atoms with van der Waals surface area (Å²) < 4.78 is 38.2. The molecule has 0 aliphatic carbocycles. The normalized spacial score (nSPS) is 11.6. The third kappa shape index (κ3) is 7.15. The van der Waals surface area contributed by atoms with Gasteiger partial charge >= 0.3 is 0 Å². The minimum Gasteiger partial charge on any atom is -0.493 e. The van der Waals surface area contributed by atoms with E-state index in [0.29, 0.717) is 22.4 Å². The molecule has 0 fully saturated rings. The van der Waals surface area contributed by atoms with Crippen molar-refractivity contribution in [2.24, 2.45) is 0 Å². The van der Waals surface area contributed by atoms with Crippen LogP contribution in [0.25, 0.3) is 17.0 Å². The summed E-state index contributed by atoms with van der Waals surface area (Å²) in [5.74, 6) is -1.79. The number of halogens is 3. The summed E-state index contributed by atoms with van der Waals surface area (Å²) in [5, 5.41) is 25.5. The molecule has 12 nitrogen and oxygen atoms in total. The number of anilines is 3. The molecule has 0 saturated heterocycles. The fraction of sp³-hybridized carbons (Fsp3) is 0.111. The Bertz CT molecular complexity index is 1840. The summed E-state index contributed by atoms with van der Waals surface area (Å²) >= 11 is 12.9. The van der Waals surface area contributed by atoms with Gasteiger partial charge in [-0.2, -0.15) is 5.26 Å². The molecule has 16 heteroatoms. The van der Waals surface area contributed by atoms with Crippen molar-refractivity contribution in [3.8, 4) is 17.6 Å². The van der Waals surface area contributed by atoms with E-state index in [1.54, 1.807) is 18.2 Å². The number of nitro groups is 1. The number of nitrogens with zero attached hydrogens (tertiary/aromatic N) is 4. The second-order valence-corrected chi connectivity index (χ2v) is 10.6. The Morgan fingerprint density at radius 1 is 1.14 bits per heavy atom. The maximum Gasteiger partial charge on any atom is 0.271 e. The number of carbonyl (C=O) groups excluding carboxylic acids is 1. The predicted octanol–water partition coefficient (Wildman–Crippen LogP) is 6.03. The highest BCUT2D eigenvalue weighted by molar-refractivity contribution is 7.85. The van der Waals surface area contributed by atoms with Crippen LogP contribution in [0.15, 0.2) is 53.7 Å². The largest absolute Gasteiger partial charge is 0.493 e. The number of aromatic nitrogens is 2. The predicted molar refractivity (Wildman–Crippen MR) is 160 cm³/mol. The Labute approximate surface area is 255 Å². The Hall–Kier alpha value is -4.84. The first-order valence-electron chi connectivity index (χ1n) is 11.9. The molecule has 2 N–H and O–H groups in total. The van der Waals surface area contributed by atoms with Gasteiger partial charge in [0, 0.05) is 29.7 Å². The number of hydrogen-bond donors (Lipinski definition) is 2. The number of nitrogens with one attached hydrogen (secondary N) is 2. The van der Waals surface area contributed by atoms with Gasteiger partial charge in [0.05, 0.1) is 52.1 Å². The van der Waals surface area contributed by atoms with E-state index in [2.05, 4.69) is 20.6 Å². The number of rotatable bonds is 10. The topological polar surface area (TPSA) is 169 Å². The fourth-order valence-corrected chi connectivity index (χ4v) is 5.22. The van der Waals surface area contributed by atoms with Gasteiger partial charge in [0.1, 0.15) is 28.2 Å². The minimum absolute atomic E-state index is 0.101. The molecule has 0 radical (unpaired) electrons. The summed E-state index contributed by atoms with van der Waals surface area (Å²) in [6.07, 6.45) is 2.78. The summed E-state index contributed by atoms with van der Waals surface area (Å²) in [4.78, 5) is 31.6. The summed E-state index contributed by atoms with van der Waals surface area (Å²) in [6, 6.07) is 10.7. The summed E-state index contributed by atoms with van der Waals surface area (Å²) in [7, 11) is 0.680. The van der Waals surface area contributed by atoms with E-state index in [9.17, 15) is 23.5 Å². The molecule has 0 aliphatic rings. The molecule has 4 aromatic rings. The first-order valence-corrected chi connectivity index (χ1v) is 14.0. The molecule has 0 saturated carbocycles. The molecule has 0 spiro atoms. The van der Waals surface area contributed by atoms with E-state index in [1.165, 1.54) is 32.4 Å². The molecule has 1 heterocycles. The van der Waals surface area contributed by atoms with Gasteiger partial charge in [0.2, 0.25) is 11.1 Å². The lowest BCUT2D eigenvalue weighted by Gasteiger charge is -2.15. The van der Waals surface area contributed by atoms with Gasteiger partial charge in [-0.15, -0.1) is 0 Å². The first kappa shape index (κ1) is 31.1. The molecular formula is C27H19Cl2FN6O6S. The van der Waals surface area contributed by atoms with Crippen LogP contribution in [-0.4, -0.2) is 45.0 Å².